The lowest BCUT2D eigenvalue weighted by molar-refractivity contribution is 0.241. The van der Waals surface area contributed by atoms with Crippen molar-refractivity contribution in [3.63, 3.8) is 0 Å². The molecule has 0 spiro atoms. The molecule has 4 aromatic rings. The number of nitriles is 1. The third-order valence-corrected chi connectivity index (χ3v) is 5.94. The lowest BCUT2D eigenvalue weighted by atomic mass is 10.0. The minimum atomic E-state index is -0.0187. The molecular weight excluding hydrogens is 452 g/mol. The number of nitrogens with zero attached hydrogens (tertiary/aromatic N) is 4. The molecule has 0 saturated heterocycles. The van der Waals surface area contributed by atoms with Crippen LogP contribution in [0.15, 0.2) is 47.0 Å². The Bertz CT molecular complexity index is 1360. The number of rotatable bonds is 7. The summed E-state index contributed by atoms with van der Waals surface area (Å²) in [5.74, 6) is 1.48. The van der Waals surface area contributed by atoms with Gasteiger partial charge in [-0.2, -0.15) is 15.3 Å². The van der Waals surface area contributed by atoms with Crippen molar-refractivity contribution in [3.8, 4) is 34.7 Å². The molecule has 2 aromatic carbocycles. The van der Waals surface area contributed by atoms with Crippen LogP contribution in [0.4, 0.5) is 0 Å². The smallest absolute Gasteiger partial charge is 0.258 e. The number of nitrogens with one attached hydrogen (secondary N) is 2. The van der Waals surface area contributed by atoms with Crippen molar-refractivity contribution in [1.29, 1.82) is 5.26 Å². The van der Waals surface area contributed by atoms with Crippen molar-refractivity contribution in [2.45, 2.75) is 66.2 Å². The fraction of sp³-hybridized carbons (Fsp3) is 0.357. The second-order valence-corrected chi connectivity index (χ2v) is 8.80. The molecule has 0 radical (unpaired) electrons. The lowest BCUT2D eigenvalue weighted by Crippen LogP contribution is -2.18. The number of benzene rings is 2. The number of ether oxygens (including phenoxy) is 1. The van der Waals surface area contributed by atoms with Crippen LogP contribution in [0.5, 0.6) is 5.75 Å². The Labute approximate surface area is 211 Å². The maximum Gasteiger partial charge on any atom is 0.258 e. The van der Waals surface area contributed by atoms with Gasteiger partial charge in [-0.15, -0.1) is 0 Å². The van der Waals surface area contributed by atoms with Crippen LogP contribution >= 0.6 is 0 Å². The SMILES string of the molecule is CC.Cc1cc(CNC2CCc3c(-c4noc(-c5ccc(OC(C)C)c(C#N)c5)n4)cccc32)n[nH]1. The van der Waals surface area contributed by atoms with Crippen LogP contribution in [0.25, 0.3) is 22.8 Å². The van der Waals surface area contributed by atoms with E-state index in [1.807, 2.05) is 52.8 Å². The zero-order valence-electron chi connectivity index (χ0n) is 21.4. The van der Waals surface area contributed by atoms with E-state index < -0.39 is 0 Å². The summed E-state index contributed by atoms with van der Waals surface area (Å²) in [6.07, 6.45) is 1.92. The number of aryl methyl sites for hydroxylation is 1. The predicted octanol–water partition coefficient (Wildman–Crippen LogP) is 5.90. The Morgan fingerprint density at radius 1 is 1.22 bits per heavy atom. The first kappa shape index (κ1) is 25.1. The quantitative estimate of drug-likeness (QED) is 0.336. The number of aromatic nitrogens is 4. The van der Waals surface area contributed by atoms with Crippen LogP contribution in [0, 0.1) is 18.3 Å². The van der Waals surface area contributed by atoms with Crippen molar-refractivity contribution < 1.29 is 9.26 Å². The highest BCUT2D eigenvalue weighted by Crippen LogP contribution is 2.37. The van der Waals surface area contributed by atoms with E-state index in [-0.39, 0.29) is 12.1 Å². The molecule has 0 bridgehead atoms. The summed E-state index contributed by atoms with van der Waals surface area (Å²) in [6.45, 7) is 10.6. The molecule has 8 nitrogen and oxygen atoms in total. The molecule has 0 amide bonds. The van der Waals surface area contributed by atoms with E-state index in [4.69, 9.17) is 9.26 Å². The Morgan fingerprint density at radius 3 is 2.78 bits per heavy atom. The summed E-state index contributed by atoms with van der Waals surface area (Å²) in [7, 11) is 0. The number of H-pyrrole nitrogens is 1. The van der Waals surface area contributed by atoms with Gasteiger partial charge in [0.2, 0.25) is 5.82 Å². The summed E-state index contributed by atoms with van der Waals surface area (Å²) in [4.78, 5) is 4.65. The Balaban J connectivity index is 0.00000148. The van der Waals surface area contributed by atoms with Crippen molar-refractivity contribution in [1.82, 2.24) is 25.7 Å². The maximum atomic E-state index is 9.53. The number of fused-ring (bicyclic) bond motifs is 1. The molecule has 2 heterocycles. The van der Waals surface area contributed by atoms with Crippen LogP contribution in [0.2, 0.25) is 0 Å². The van der Waals surface area contributed by atoms with Gasteiger partial charge in [0, 0.05) is 29.4 Å². The van der Waals surface area contributed by atoms with Crippen molar-refractivity contribution in [2.24, 2.45) is 0 Å². The monoisotopic (exact) mass is 484 g/mol. The molecule has 2 aromatic heterocycles. The van der Waals surface area contributed by atoms with Gasteiger partial charge < -0.3 is 14.6 Å². The maximum absolute atomic E-state index is 9.53. The molecule has 2 N–H and O–H groups in total. The van der Waals surface area contributed by atoms with E-state index in [1.54, 1.807) is 12.1 Å². The second kappa shape index (κ2) is 11.2. The molecule has 1 aliphatic rings. The van der Waals surface area contributed by atoms with Gasteiger partial charge in [0.25, 0.3) is 5.89 Å². The first-order chi connectivity index (χ1) is 17.5. The molecule has 0 saturated carbocycles. The van der Waals surface area contributed by atoms with E-state index in [0.717, 1.165) is 29.8 Å². The summed E-state index contributed by atoms with van der Waals surface area (Å²) < 4.78 is 11.3. The summed E-state index contributed by atoms with van der Waals surface area (Å²) in [6, 6.07) is 16.1. The zero-order chi connectivity index (χ0) is 25.7. The van der Waals surface area contributed by atoms with E-state index in [9.17, 15) is 5.26 Å². The molecule has 1 aliphatic carbocycles. The summed E-state index contributed by atoms with van der Waals surface area (Å²) in [5, 5.41) is 24.7. The highest BCUT2D eigenvalue weighted by molar-refractivity contribution is 5.67. The first-order valence-corrected chi connectivity index (χ1v) is 12.4. The average molecular weight is 485 g/mol. The standard InChI is InChI=1S/C26H26N6O2.C2H6/c1-15(2)33-24-10-7-17(12-18(24)13-27)26-29-25(32-34-26)22-6-4-5-21-20(22)8-9-23(21)28-14-19-11-16(3)30-31-19;1-2/h4-7,10-12,15,23,28H,8-9,14H2,1-3H3,(H,30,31);1-2H3. The van der Waals surface area contributed by atoms with E-state index in [2.05, 4.69) is 43.9 Å². The molecular formula is C28H32N6O2. The fourth-order valence-electron chi connectivity index (χ4n) is 4.43. The molecule has 1 unspecified atom stereocenters. The van der Waals surface area contributed by atoms with Crippen molar-refractivity contribution >= 4 is 0 Å². The normalized spacial score (nSPS) is 14.2. The third kappa shape index (κ3) is 5.31. The van der Waals surface area contributed by atoms with Crippen LogP contribution in [0.3, 0.4) is 0 Å². The van der Waals surface area contributed by atoms with Crippen LogP contribution < -0.4 is 10.1 Å². The largest absolute Gasteiger partial charge is 0.490 e. The molecule has 36 heavy (non-hydrogen) atoms. The number of aromatic amines is 1. The molecule has 1 atom stereocenters. The van der Waals surface area contributed by atoms with Crippen LogP contribution in [-0.2, 0) is 13.0 Å². The van der Waals surface area contributed by atoms with E-state index in [0.29, 0.717) is 35.1 Å². The highest BCUT2D eigenvalue weighted by atomic mass is 16.5. The second-order valence-electron chi connectivity index (χ2n) is 8.80. The van der Waals surface area contributed by atoms with Crippen molar-refractivity contribution in [3.05, 3.63) is 70.5 Å². The molecule has 5 rings (SSSR count). The number of hydrogen-bond acceptors (Lipinski definition) is 7. The molecule has 186 valence electrons. The average Bonchev–Trinajstić information content (AvgIpc) is 3.64. The van der Waals surface area contributed by atoms with Gasteiger partial charge in [-0.05, 0) is 69.0 Å². The van der Waals surface area contributed by atoms with Crippen molar-refractivity contribution in [2.75, 3.05) is 0 Å². The van der Waals surface area contributed by atoms with Crippen LogP contribution in [0.1, 0.15) is 68.2 Å². The van der Waals surface area contributed by atoms with Gasteiger partial charge in [-0.1, -0.05) is 37.2 Å². The van der Waals surface area contributed by atoms with Gasteiger partial charge in [0.1, 0.15) is 11.8 Å². The van der Waals surface area contributed by atoms with Gasteiger partial charge in [-0.25, -0.2) is 0 Å². The Hall–Kier alpha value is -3.96. The molecule has 8 heteroatoms. The van der Waals surface area contributed by atoms with Gasteiger partial charge >= 0.3 is 0 Å². The Morgan fingerprint density at radius 2 is 2.06 bits per heavy atom. The van der Waals surface area contributed by atoms with E-state index >= 15 is 0 Å². The first-order valence-electron chi connectivity index (χ1n) is 12.4. The zero-order valence-corrected chi connectivity index (χ0v) is 21.4. The predicted molar refractivity (Wildman–Crippen MR) is 138 cm³/mol. The number of hydrogen-bond donors (Lipinski definition) is 2. The minimum Gasteiger partial charge on any atom is -0.490 e. The summed E-state index contributed by atoms with van der Waals surface area (Å²) >= 11 is 0. The minimum absolute atomic E-state index is 0.0187. The van der Waals surface area contributed by atoms with Crippen LogP contribution in [-0.4, -0.2) is 26.4 Å². The third-order valence-electron chi connectivity index (χ3n) is 5.94. The fourth-order valence-corrected chi connectivity index (χ4v) is 4.43. The summed E-state index contributed by atoms with van der Waals surface area (Å²) in [5.41, 5.74) is 6.67. The van der Waals surface area contributed by atoms with Gasteiger partial charge in [0.05, 0.1) is 17.4 Å². The Kier molecular flexibility index (Phi) is 7.81. The van der Waals surface area contributed by atoms with E-state index in [1.165, 1.54) is 11.1 Å². The molecule has 0 aliphatic heterocycles. The molecule has 0 fully saturated rings. The van der Waals surface area contributed by atoms with Gasteiger partial charge in [0.15, 0.2) is 0 Å². The topological polar surface area (TPSA) is 113 Å². The lowest BCUT2D eigenvalue weighted by Gasteiger charge is -2.13. The van der Waals surface area contributed by atoms with Gasteiger partial charge in [-0.3, -0.25) is 5.10 Å². The highest BCUT2D eigenvalue weighted by Gasteiger charge is 2.26.